The molecule has 5 heterocycles. The van der Waals surface area contributed by atoms with Gasteiger partial charge in [-0.15, -0.1) is 0 Å². The van der Waals surface area contributed by atoms with Gasteiger partial charge in [-0.25, -0.2) is 24.5 Å². The number of hydrogen-bond acceptors (Lipinski definition) is 24. The molecule has 0 radical (unpaired) electrons. The van der Waals surface area contributed by atoms with Crippen molar-refractivity contribution in [3.63, 3.8) is 0 Å². The van der Waals surface area contributed by atoms with Gasteiger partial charge in [0.2, 0.25) is 17.6 Å². The Balaban J connectivity index is 0.000000381. The molecular weight excluding hydrogens is 1740 g/mol. The fourth-order valence-corrected chi connectivity index (χ4v) is 12.5. The van der Waals surface area contributed by atoms with E-state index in [0.717, 1.165) is 31.9 Å². The van der Waals surface area contributed by atoms with Crippen LogP contribution in [-0.2, 0) is 31.9 Å². The second-order valence-electron chi connectivity index (χ2n) is 28.4. The monoisotopic (exact) mass is 1860 g/mol. The smallest absolute Gasteiger partial charge is 0.492 e. The third-order valence-corrected chi connectivity index (χ3v) is 18.9. The molecule has 33 heteroatoms. The predicted molar refractivity (Wildman–Crippen MR) is 485 cm³/mol. The lowest BCUT2D eigenvalue weighted by Crippen LogP contribution is -2.32. The highest BCUT2D eigenvalue weighted by molar-refractivity contribution is 9.10. The van der Waals surface area contributed by atoms with E-state index in [-0.39, 0.29) is 183 Å². The number of aromatic nitrogens is 5. The summed E-state index contributed by atoms with van der Waals surface area (Å²) >= 11 is 21.5. The standard InChI is InChI=1S/2C31H34ClNO7.C9H8BrClO.C7H10BNO4.C7H9NO2.C6H7NO2.CH4/c2*1-6-26(34)22-12-11-21(32)16-23(22)24-17-29(36)33(18-28(24)39-5)25(13-14-40-31(2,3)4)27(35)15-19-7-9-20(10-8-19)30(37)38;1-2-9(12)7-4-3-6(11)5-8(7)10;1-12-6-4-9-7(13-2)3-5(6)8(10)11;1-9-6-3-4-7(10-2)8-5-6;1-9-6-3-2-5(8)4-7-6;/h2*7-12,16-18,25H,6,13-15H2,1-5H3,(H,37,38);3-5H,2H2,1H3;3-4,10-11H,1-2H3;3-5H,1-2H3;2-4,8H,1H3;1H4/t2*25-;;;;;/m10...../s1/i2*5D3;;2*1D3;;. The molecule has 0 saturated heterocycles. The summed E-state index contributed by atoms with van der Waals surface area (Å²) in [6.07, 6.45) is 6.72. The molecule has 0 aliphatic carbocycles. The molecule has 0 aliphatic rings. The van der Waals surface area contributed by atoms with Crippen LogP contribution in [0.5, 0.6) is 46.4 Å². The first-order chi connectivity index (χ1) is 63.3. The van der Waals surface area contributed by atoms with Crippen LogP contribution in [0.15, 0.2) is 191 Å². The number of nitrogens with zero attached hydrogens (tertiary/aromatic N) is 5. The largest absolute Gasteiger partial charge is 0.506 e. The van der Waals surface area contributed by atoms with Crippen molar-refractivity contribution in [1.29, 1.82) is 0 Å². The molecule has 0 fully saturated rings. The van der Waals surface area contributed by atoms with E-state index in [1.165, 1.54) is 155 Å². The van der Waals surface area contributed by atoms with Gasteiger partial charge in [-0.3, -0.25) is 33.6 Å². The Morgan fingerprint density at radius 1 is 0.472 bits per heavy atom. The van der Waals surface area contributed by atoms with Crippen molar-refractivity contribution in [1.82, 2.24) is 24.1 Å². The van der Waals surface area contributed by atoms with Crippen molar-refractivity contribution >= 4 is 104 Å². The van der Waals surface area contributed by atoms with Gasteiger partial charge in [0.25, 0.3) is 11.1 Å². The number of carbonyl (C=O) groups excluding carboxylic acids is 5. The number of aromatic carboxylic acids is 2. The van der Waals surface area contributed by atoms with Crippen molar-refractivity contribution in [3.05, 3.63) is 256 Å². The SMILES string of the molecule is C.CCC(=O)c1ccc(Cl)cc1Br.COc1ccc(O)cn1.[2H]C([2H])([2H])Oc1ccc(OC)nc1.[2H]C([2H])([2H])Oc1cn([C@@H](CCOC(C)(C)C)C(=O)Cc2ccc(C(=O)O)cc2)c(=O)cc1-c1cc(Cl)ccc1C(=O)CC.[2H]C([2H])([2H])Oc1cn([C@H](CCOC(C)(C)C)C(=O)Cc2ccc(C(=O)O)cc2)c(=O)cc1-c1cc(Cl)ccc1C(=O)CC.[2H]C([2H])([2H])Oc1cnc(OC)cc1B(O)O. The van der Waals surface area contributed by atoms with Crippen molar-refractivity contribution in [2.24, 2.45) is 0 Å². The van der Waals surface area contributed by atoms with Crippen LogP contribution in [0, 0.1) is 0 Å². The topological polar surface area (TPSA) is 386 Å². The number of rotatable bonds is 32. The number of benzene rings is 5. The number of carboxylic acids is 2. The Labute approximate surface area is 767 Å². The first-order valence-electron chi connectivity index (χ1n) is 43.8. The van der Waals surface area contributed by atoms with Crippen LogP contribution in [0.3, 0.4) is 0 Å². The fraction of sp³-hybridized carbons (Fsp3) is 0.326. The van der Waals surface area contributed by atoms with Crippen LogP contribution in [0.1, 0.15) is 193 Å². The van der Waals surface area contributed by atoms with Gasteiger partial charge in [0.15, 0.2) is 28.9 Å². The molecule has 10 rings (SSSR count). The number of carboxylic acid groups (broad SMARTS) is 2. The molecule has 0 unspecified atom stereocenters. The van der Waals surface area contributed by atoms with E-state index in [2.05, 4.69) is 40.4 Å². The maximum atomic E-state index is 13.7. The molecule has 5 aromatic heterocycles. The third-order valence-electron chi connectivity index (χ3n) is 17.5. The summed E-state index contributed by atoms with van der Waals surface area (Å²) in [5, 5.41) is 46.3. The van der Waals surface area contributed by atoms with Gasteiger partial charge < -0.3 is 77.1 Å². The lowest BCUT2D eigenvalue weighted by molar-refractivity contribution is -0.123. The number of Topliss-reactive ketones (excluding diaryl/α,β-unsaturated/α-hetero) is 5. The average Bonchev–Trinajstić information content (AvgIpc) is 0.774. The van der Waals surface area contributed by atoms with E-state index in [9.17, 15) is 53.4 Å². The molecule has 0 amide bonds. The van der Waals surface area contributed by atoms with Gasteiger partial charge in [0, 0.05) is 128 Å². The van der Waals surface area contributed by atoms with Gasteiger partial charge in [-0.05, 0) is 184 Å². The molecular formula is C92H106BBrCl3N5O23. The number of aromatic hydroxyl groups is 1. The summed E-state index contributed by atoms with van der Waals surface area (Å²) in [7, 11) is -8.48. The number of ketones is 5. The number of halogens is 4. The zero-order chi connectivity index (χ0) is 102. The molecule has 0 spiro atoms. The van der Waals surface area contributed by atoms with E-state index in [1.54, 1.807) is 38.1 Å². The summed E-state index contributed by atoms with van der Waals surface area (Å²) in [5.41, 5.74) is 0.407. The summed E-state index contributed by atoms with van der Waals surface area (Å²) < 4.78 is 136. The Morgan fingerprint density at radius 3 is 1.21 bits per heavy atom. The fourth-order valence-electron chi connectivity index (χ4n) is 11.3. The van der Waals surface area contributed by atoms with Crippen molar-refractivity contribution in [2.75, 3.05) is 62.7 Å². The highest BCUT2D eigenvalue weighted by Crippen LogP contribution is 2.37. The zero-order valence-electron chi connectivity index (χ0n) is 81.7. The van der Waals surface area contributed by atoms with Crippen LogP contribution in [-0.4, -0.2) is 171 Å². The molecule has 0 saturated carbocycles. The number of pyridine rings is 5. The van der Waals surface area contributed by atoms with Crippen LogP contribution in [0.25, 0.3) is 22.3 Å². The Bertz CT molecular complexity index is 5630. The highest BCUT2D eigenvalue weighted by atomic mass is 79.9. The average molecular weight is 1860 g/mol. The minimum absolute atomic E-state index is 0. The molecule has 10 aromatic rings. The molecule has 28 nitrogen and oxygen atoms in total. The summed E-state index contributed by atoms with van der Waals surface area (Å²) in [5.74, 6) is -2.69. The lowest BCUT2D eigenvalue weighted by Gasteiger charge is -2.24. The van der Waals surface area contributed by atoms with E-state index in [1.807, 2.05) is 48.5 Å². The van der Waals surface area contributed by atoms with Gasteiger partial charge in [-0.2, -0.15) is 0 Å². The van der Waals surface area contributed by atoms with Gasteiger partial charge in [-0.1, -0.05) is 87.3 Å². The molecule has 2 atom stereocenters. The summed E-state index contributed by atoms with van der Waals surface area (Å²) in [6, 6.07) is 33.1. The lowest BCUT2D eigenvalue weighted by atomic mass is 9.80. The van der Waals surface area contributed by atoms with E-state index in [0.29, 0.717) is 39.9 Å². The molecule has 5 aromatic carbocycles. The minimum Gasteiger partial charge on any atom is -0.506 e. The van der Waals surface area contributed by atoms with Crippen LogP contribution in [0.2, 0.25) is 15.1 Å². The first-order valence-corrected chi connectivity index (χ1v) is 39.7. The summed E-state index contributed by atoms with van der Waals surface area (Å²) in [4.78, 5) is 125. The van der Waals surface area contributed by atoms with Crippen molar-refractivity contribution in [2.45, 2.75) is 138 Å². The second-order valence-corrected chi connectivity index (χ2v) is 30.6. The van der Waals surface area contributed by atoms with Gasteiger partial charge in [0.05, 0.1) is 131 Å². The van der Waals surface area contributed by atoms with E-state index >= 15 is 0 Å². The second kappa shape index (κ2) is 51.6. The maximum Gasteiger partial charge on any atom is 0.492 e. The zero-order valence-corrected chi connectivity index (χ0v) is 73.5. The van der Waals surface area contributed by atoms with E-state index < -0.39 is 81.6 Å². The molecule has 5 N–H and O–H groups in total. The third kappa shape index (κ3) is 33.4. The van der Waals surface area contributed by atoms with Gasteiger partial charge in [0.1, 0.15) is 28.7 Å². The molecule has 0 bridgehead atoms. The quantitative estimate of drug-likeness (QED) is 0.0193. The predicted octanol–water partition coefficient (Wildman–Crippen LogP) is 17.1. The summed E-state index contributed by atoms with van der Waals surface area (Å²) in [6.45, 7) is 16.4. The first kappa shape index (κ1) is 86.9. The minimum atomic E-state index is -2.93. The molecule has 0 aliphatic heterocycles. The van der Waals surface area contributed by atoms with E-state index in [4.69, 9.17) is 99.6 Å². The van der Waals surface area contributed by atoms with Crippen LogP contribution >= 0.6 is 50.7 Å². The highest BCUT2D eigenvalue weighted by Gasteiger charge is 2.29. The van der Waals surface area contributed by atoms with Gasteiger partial charge >= 0.3 is 19.1 Å². The Morgan fingerprint density at radius 2 is 0.856 bits per heavy atom. The molecule has 125 heavy (non-hydrogen) atoms. The number of methoxy groups -OCH3 is 7. The van der Waals surface area contributed by atoms with Crippen molar-refractivity contribution < 1.29 is 118 Å². The van der Waals surface area contributed by atoms with Crippen molar-refractivity contribution in [3.8, 4) is 68.6 Å². The number of hydrogen-bond donors (Lipinski definition) is 5. The maximum absolute atomic E-state index is 13.7. The number of carbonyl (C=O) groups is 7. The van der Waals surface area contributed by atoms with Crippen LogP contribution in [0.4, 0.5) is 0 Å². The number of ether oxygens (including phenoxy) is 9. The normalized spacial score (nSPS) is 12.9. The molecule has 668 valence electrons. The Hall–Kier alpha value is -11.6. The Kier molecular flexibility index (Phi) is 35.9. The van der Waals surface area contributed by atoms with Crippen LogP contribution < -0.4 is 49.7 Å².